The van der Waals surface area contributed by atoms with Crippen molar-refractivity contribution < 1.29 is 0 Å². The first-order chi connectivity index (χ1) is 10.3. The molecule has 2 aromatic carbocycles. The van der Waals surface area contributed by atoms with Crippen LogP contribution in [0.3, 0.4) is 0 Å². The Morgan fingerprint density at radius 3 is 2.62 bits per heavy atom. The van der Waals surface area contributed by atoms with Crippen LogP contribution >= 0.6 is 15.9 Å². The van der Waals surface area contributed by atoms with E-state index in [2.05, 4.69) is 81.3 Å². The zero-order valence-electron chi connectivity index (χ0n) is 12.0. The van der Waals surface area contributed by atoms with Gasteiger partial charge >= 0.3 is 0 Å². The highest BCUT2D eigenvalue weighted by Crippen LogP contribution is 2.33. The van der Waals surface area contributed by atoms with Crippen LogP contribution in [0.4, 0.5) is 11.5 Å². The normalized spacial score (nSPS) is 10.8. The lowest BCUT2D eigenvalue weighted by atomic mass is 10.1. The maximum atomic E-state index is 4.60. The van der Waals surface area contributed by atoms with Gasteiger partial charge in [-0.15, -0.1) is 0 Å². The van der Waals surface area contributed by atoms with Gasteiger partial charge in [0.15, 0.2) is 0 Å². The number of halogens is 1. The first kappa shape index (κ1) is 14.1. The number of pyridine rings is 1. The van der Waals surface area contributed by atoms with Gasteiger partial charge < -0.3 is 4.90 Å². The summed E-state index contributed by atoms with van der Waals surface area (Å²) in [7, 11) is 0. The quantitative estimate of drug-likeness (QED) is 0.600. The largest absolute Gasteiger partial charge is 0.326 e. The third kappa shape index (κ3) is 2.66. The van der Waals surface area contributed by atoms with Gasteiger partial charge in [0.25, 0.3) is 0 Å². The van der Waals surface area contributed by atoms with Crippen LogP contribution in [0.25, 0.3) is 10.8 Å². The molecule has 21 heavy (non-hydrogen) atoms. The van der Waals surface area contributed by atoms with Crippen LogP contribution in [0.1, 0.15) is 12.5 Å². The fourth-order valence-electron chi connectivity index (χ4n) is 2.66. The second-order valence-electron chi connectivity index (χ2n) is 4.86. The van der Waals surface area contributed by atoms with E-state index in [9.17, 15) is 0 Å². The standard InChI is InChI=1S/C18H17BrN2/c1-2-21(18-15(13-19)9-6-12-20-18)17-11-5-8-14-7-3-4-10-16(14)17/h3-12H,2,13H2,1H3. The van der Waals surface area contributed by atoms with Gasteiger partial charge in [-0.05, 0) is 24.4 Å². The van der Waals surface area contributed by atoms with E-state index < -0.39 is 0 Å². The first-order valence-electron chi connectivity index (χ1n) is 7.10. The van der Waals surface area contributed by atoms with Crippen molar-refractivity contribution in [2.24, 2.45) is 0 Å². The molecule has 0 unspecified atom stereocenters. The smallest absolute Gasteiger partial charge is 0.137 e. The average Bonchev–Trinajstić information content (AvgIpc) is 2.56. The summed E-state index contributed by atoms with van der Waals surface area (Å²) in [6.07, 6.45) is 1.86. The van der Waals surface area contributed by atoms with Crippen LogP contribution in [-0.2, 0) is 5.33 Å². The van der Waals surface area contributed by atoms with E-state index in [1.807, 2.05) is 12.3 Å². The Balaban J connectivity index is 2.19. The van der Waals surface area contributed by atoms with Gasteiger partial charge in [-0.25, -0.2) is 4.98 Å². The molecular formula is C18H17BrN2. The number of hydrogen-bond donors (Lipinski definition) is 0. The number of rotatable bonds is 4. The molecule has 0 saturated heterocycles. The van der Waals surface area contributed by atoms with Gasteiger partial charge in [0, 0.05) is 29.0 Å². The van der Waals surface area contributed by atoms with Crippen molar-refractivity contribution in [1.82, 2.24) is 4.98 Å². The Hall–Kier alpha value is -1.87. The van der Waals surface area contributed by atoms with Crippen molar-refractivity contribution in [3.63, 3.8) is 0 Å². The molecule has 0 aliphatic rings. The predicted molar refractivity (Wildman–Crippen MR) is 93.5 cm³/mol. The minimum atomic E-state index is 0.803. The highest BCUT2D eigenvalue weighted by molar-refractivity contribution is 9.08. The third-order valence-corrected chi connectivity index (χ3v) is 4.24. The summed E-state index contributed by atoms with van der Waals surface area (Å²) in [5.41, 5.74) is 2.41. The van der Waals surface area contributed by atoms with Crippen molar-refractivity contribution in [2.45, 2.75) is 12.3 Å². The van der Waals surface area contributed by atoms with Crippen molar-refractivity contribution in [2.75, 3.05) is 11.4 Å². The van der Waals surface area contributed by atoms with Crippen molar-refractivity contribution in [3.8, 4) is 0 Å². The van der Waals surface area contributed by atoms with E-state index in [0.717, 1.165) is 17.7 Å². The molecule has 3 rings (SSSR count). The molecule has 0 atom stereocenters. The summed E-state index contributed by atoms with van der Waals surface area (Å²) in [6, 6.07) is 19.0. The Bertz CT molecular complexity index is 750. The Kier molecular flexibility index (Phi) is 4.20. The fourth-order valence-corrected chi connectivity index (χ4v) is 3.09. The van der Waals surface area contributed by atoms with Gasteiger partial charge in [-0.3, -0.25) is 0 Å². The van der Waals surface area contributed by atoms with Crippen LogP contribution in [0.15, 0.2) is 60.8 Å². The van der Waals surface area contributed by atoms with Crippen LogP contribution in [-0.4, -0.2) is 11.5 Å². The summed E-state index contributed by atoms with van der Waals surface area (Å²) in [6.45, 7) is 3.04. The topological polar surface area (TPSA) is 16.1 Å². The Morgan fingerprint density at radius 2 is 1.81 bits per heavy atom. The summed E-state index contributed by atoms with van der Waals surface area (Å²) < 4.78 is 0. The average molecular weight is 341 g/mol. The van der Waals surface area contributed by atoms with Crippen molar-refractivity contribution in [1.29, 1.82) is 0 Å². The molecule has 0 spiro atoms. The van der Waals surface area contributed by atoms with E-state index >= 15 is 0 Å². The minimum absolute atomic E-state index is 0.803. The van der Waals surface area contributed by atoms with Crippen LogP contribution in [0, 0.1) is 0 Å². The second-order valence-corrected chi connectivity index (χ2v) is 5.42. The van der Waals surface area contributed by atoms with E-state index in [-0.39, 0.29) is 0 Å². The molecule has 2 nitrogen and oxygen atoms in total. The van der Waals surface area contributed by atoms with Gasteiger partial charge in [-0.2, -0.15) is 0 Å². The third-order valence-electron chi connectivity index (χ3n) is 3.64. The molecule has 3 aromatic rings. The van der Waals surface area contributed by atoms with E-state index in [1.54, 1.807) is 0 Å². The minimum Gasteiger partial charge on any atom is -0.326 e. The summed E-state index contributed by atoms with van der Waals surface area (Å²) in [5, 5.41) is 3.31. The molecule has 3 heteroatoms. The lowest BCUT2D eigenvalue weighted by Gasteiger charge is -2.25. The second kappa shape index (κ2) is 6.27. The Morgan fingerprint density at radius 1 is 1.00 bits per heavy atom. The molecule has 0 N–H and O–H groups in total. The lowest BCUT2D eigenvalue weighted by Crippen LogP contribution is -2.19. The number of aromatic nitrogens is 1. The Labute approximate surface area is 133 Å². The number of hydrogen-bond acceptors (Lipinski definition) is 2. The molecule has 106 valence electrons. The van der Waals surface area contributed by atoms with Gasteiger partial charge in [0.05, 0.1) is 5.69 Å². The molecule has 0 saturated carbocycles. The molecule has 0 amide bonds. The maximum Gasteiger partial charge on any atom is 0.137 e. The van der Waals surface area contributed by atoms with Gasteiger partial charge in [0.2, 0.25) is 0 Å². The van der Waals surface area contributed by atoms with Gasteiger partial charge in [0.1, 0.15) is 5.82 Å². The first-order valence-corrected chi connectivity index (χ1v) is 8.22. The number of benzene rings is 2. The molecule has 1 heterocycles. The van der Waals surface area contributed by atoms with Gasteiger partial charge in [-0.1, -0.05) is 58.4 Å². The fraction of sp³-hybridized carbons (Fsp3) is 0.167. The number of anilines is 2. The number of nitrogens with zero attached hydrogens (tertiary/aromatic N) is 2. The molecule has 0 radical (unpaired) electrons. The molecular weight excluding hydrogens is 324 g/mol. The van der Waals surface area contributed by atoms with E-state index in [4.69, 9.17) is 0 Å². The van der Waals surface area contributed by atoms with E-state index in [0.29, 0.717) is 0 Å². The summed E-state index contributed by atoms with van der Waals surface area (Å²) in [5.74, 6) is 1.02. The number of alkyl halides is 1. The van der Waals surface area contributed by atoms with Crippen molar-refractivity contribution >= 4 is 38.2 Å². The van der Waals surface area contributed by atoms with E-state index in [1.165, 1.54) is 22.0 Å². The highest BCUT2D eigenvalue weighted by Gasteiger charge is 2.14. The van der Waals surface area contributed by atoms with Crippen LogP contribution < -0.4 is 4.90 Å². The summed E-state index contributed by atoms with van der Waals surface area (Å²) in [4.78, 5) is 6.88. The summed E-state index contributed by atoms with van der Waals surface area (Å²) >= 11 is 3.56. The SMILES string of the molecule is CCN(c1ncccc1CBr)c1cccc2ccccc12. The predicted octanol–water partition coefficient (Wildman–Crippen LogP) is 5.29. The molecule has 1 aromatic heterocycles. The molecule has 0 aliphatic heterocycles. The zero-order valence-corrected chi connectivity index (χ0v) is 13.5. The highest BCUT2D eigenvalue weighted by atomic mass is 79.9. The molecule has 0 aliphatic carbocycles. The van der Waals surface area contributed by atoms with Crippen molar-refractivity contribution in [3.05, 3.63) is 66.4 Å². The van der Waals surface area contributed by atoms with Crippen LogP contribution in [0.2, 0.25) is 0 Å². The van der Waals surface area contributed by atoms with Crippen LogP contribution in [0.5, 0.6) is 0 Å². The zero-order chi connectivity index (χ0) is 14.7. The maximum absolute atomic E-state index is 4.60. The molecule has 0 bridgehead atoms. The molecule has 0 fully saturated rings. The number of fused-ring (bicyclic) bond motifs is 1. The lowest BCUT2D eigenvalue weighted by molar-refractivity contribution is 0.982. The monoisotopic (exact) mass is 340 g/mol.